The van der Waals surface area contributed by atoms with Crippen LogP contribution in [0.5, 0.6) is 0 Å². The maximum atomic E-state index is 11.7. The van der Waals surface area contributed by atoms with E-state index in [-0.39, 0.29) is 5.91 Å². The molecule has 3 rings (SSSR count). The molecule has 18 heavy (non-hydrogen) atoms. The van der Waals surface area contributed by atoms with Crippen molar-refractivity contribution >= 4 is 11.6 Å². The molecule has 1 fully saturated rings. The van der Waals surface area contributed by atoms with Crippen LogP contribution in [0.4, 0.5) is 5.69 Å². The van der Waals surface area contributed by atoms with Crippen molar-refractivity contribution in [2.24, 2.45) is 5.73 Å². The van der Waals surface area contributed by atoms with Gasteiger partial charge in [-0.05, 0) is 37.1 Å². The van der Waals surface area contributed by atoms with E-state index in [9.17, 15) is 4.79 Å². The van der Waals surface area contributed by atoms with Crippen molar-refractivity contribution in [3.63, 3.8) is 0 Å². The van der Waals surface area contributed by atoms with Crippen LogP contribution >= 0.6 is 0 Å². The molecule has 6 nitrogen and oxygen atoms in total. The van der Waals surface area contributed by atoms with Gasteiger partial charge >= 0.3 is 0 Å². The Bertz CT molecular complexity index is 557. The molecule has 1 saturated carbocycles. The van der Waals surface area contributed by atoms with Gasteiger partial charge in [-0.15, -0.1) is 0 Å². The SMILES string of the molecule is NC1(C(=O)Nc2ccc(-c3ncn[nH]3)cc2)CC1. The van der Waals surface area contributed by atoms with Gasteiger partial charge in [-0.2, -0.15) is 5.10 Å². The smallest absolute Gasteiger partial charge is 0.244 e. The predicted octanol–water partition coefficient (Wildman–Crippen LogP) is 0.901. The van der Waals surface area contributed by atoms with Gasteiger partial charge in [-0.3, -0.25) is 9.89 Å². The molecular weight excluding hydrogens is 230 g/mol. The van der Waals surface area contributed by atoms with Crippen molar-refractivity contribution in [2.75, 3.05) is 5.32 Å². The van der Waals surface area contributed by atoms with E-state index in [1.165, 1.54) is 6.33 Å². The number of nitrogens with two attached hydrogens (primary N) is 1. The maximum Gasteiger partial charge on any atom is 0.244 e. The second kappa shape index (κ2) is 3.92. The average molecular weight is 243 g/mol. The van der Waals surface area contributed by atoms with E-state index in [2.05, 4.69) is 20.5 Å². The number of benzene rings is 1. The first-order valence-electron chi connectivity index (χ1n) is 5.73. The van der Waals surface area contributed by atoms with Gasteiger partial charge in [0.2, 0.25) is 5.91 Å². The van der Waals surface area contributed by atoms with Crippen molar-refractivity contribution in [2.45, 2.75) is 18.4 Å². The summed E-state index contributed by atoms with van der Waals surface area (Å²) in [7, 11) is 0. The molecule has 1 amide bonds. The highest BCUT2D eigenvalue weighted by Gasteiger charge is 2.45. The normalized spacial score (nSPS) is 16.3. The zero-order valence-electron chi connectivity index (χ0n) is 9.68. The lowest BCUT2D eigenvalue weighted by Gasteiger charge is -2.10. The number of aromatic amines is 1. The topological polar surface area (TPSA) is 96.7 Å². The fraction of sp³-hybridized carbons (Fsp3) is 0.250. The summed E-state index contributed by atoms with van der Waals surface area (Å²) in [6.45, 7) is 0. The lowest BCUT2D eigenvalue weighted by molar-refractivity contribution is -0.118. The highest BCUT2D eigenvalue weighted by Crippen LogP contribution is 2.33. The van der Waals surface area contributed by atoms with Crippen molar-refractivity contribution in [1.82, 2.24) is 15.2 Å². The second-order valence-electron chi connectivity index (χ2n) is 4.52. The third kappa shape index (κ3) is 1.98. The molecule has 1 aromatic heterocycles. The van der Waals surface area contributed by atoms with Crippen LogP contribution in [0.2, 0.25) is 0 Å². The van der Waals surface area contributed by atoms with E-state index >= 15 is 0 Å². The zero-order valence-corrected chi connectivity index (χ0v) is 9.68. The Hall–Kier alpha value is -2.21. The molecular formula is C12H13N5O. The Labute approximate surface area is 104 Å². The molecule has 0 unspecified atom stereocenters. The molecule has 1 aliphatic rings. The van der Waals surface area contributed by atoms with Crippen LogP contribution in [0.3, 0.4) is 0 Å². The van der Waals surface area contributed by atoms with E-state index in [0.29, 0.717) is 5.82 Å². The highest BCUT2D eigenvalue weighted by molar-refractivity contribution is 6.00. The van der Waals surface area contributed by atoms with Crippen LogP contribution in [0.1, 0.15) is 12.8 Å². The predicted molar refractivity (Wildman–Crippen MR) is 66.6 cm³/mol. The second-order valence-corrected chi connectivity index (χ2v) is 4.52. The largest absolute Gasteiger partial charge is 0.324 e. The number of anilines is 1. The molecule has 0 aliphatic heterocycles. The third-order valence-electron chi connectivity index (χ3n) is 3.07. The quantitative estimate of drug-likeness (QED) is 0.746. The minimum atomic E-state index is -0.649. The minimum Gasteiger partial charge on any atom is -0.324 e. The summed E-state index contributed by atoms with van der Waals surface area (Å²) in [5, 5.41) is 9.37. The number of rotatable bonds is 3. The average Bonchev–Trinajstić information content (AvgIpc) is 2.94. The first kappa shape index (κ1) is 10.9. The number of H-pyrrole nitrogens is 1. The summed E-state index contributed by atoms with van der Waals surface area (Å²) >= 11 is 0. The van der Waals surface area contributed by atoms with E-state index < -0.39 is 5.54 Å². The van der Waals surface area contributed by atoms with Crippen LogP contribution in [0, 0.1) is 0 Å². The minimum absolute atomic E-state index is 0.116. The third-order valence-corrected chi connectivity index (χ3v) is 3.07. The van der Waals surface area contributed by atoms with Gasteiger partial charge in [0.1, 0.15) is 6.33 Å². The van der Waals surface area contributed by atoms with Crippen LogP contribution in [-0.2, 0) is 4.79 Å². The Kier molecular flexibility index (Phi) is 2.38. The molecule has 1 aromatic carbocycles. The molecule has 2 aromatic rings. The maximum absolute atomic E-state index is 11.7. The number of aromatic nitrogens is 3. The van der Waals surface area contributed by atoms with Gasteiger partial charge < -0.3 is 11.1 Å². The summed E-state index contributed by atoms with van der Waals surface area (Å²) in [6, 6.07) is 7.38. The summed E-state index contributed by atoms with van der Waals surface area (Å²) in [5.74, 6) is 0.584. The molecule has 0 saturated heterocycles. The van der Waals surface area contributed by atoms with E-state index in [0.717, 1.165) is 24.1 Å². The molecule has 1 heterocycles. The number of carbonyl (C=O) groups is 1. The number of nitrogens with zero attached hydrogens (tertiary/aromatic N) is 2. The first-order chi connectivity index (χ1) is 8.67. The van der Waals surface area contributed by atoms with Crippen LogP contribution in [-0.4, -0.2) is 26.6 Å². The summed E-state index contributed by atoms with van der Waals surface area (Å²) in [6.07, 6.45) is 2.97. The van der Waals surface area contributed by atoms with Crippen molar-refractivity contribution in [3.05, 3.63) is 30.6 Å². The fourth-order valence-electron chi connectivity index (χ4n) is 1.67. The summed E-state index contributed by atoms with van der Waals surface area (Å²) in [4.78, 5) is 15.8. The van der Waals surface area contributed by atoms with E-state index in [1.807, 2.05) is 24.3 Å². The zero-order chi connectivity index (χ0) is 12.6. The molecule has 92 valence electrons. The molecule has 4 N–H and O–H groups in total. The monoisotopic (exact) mass is 243 g/mol. The standard InChI is InChI=1S/C12H13N5O/c13-12(5-6-12)11(18)16-9-3-1-8(2-4-9)10-14-7-15-17-10/h1-4,7H,5-6,13H2,(H,16,18)(H,14,15,17). The van der Waals surface area contributed by atoms with Gasteiger partial charge in [0.15, 0.2) is 5.82 Å². The number of amides is 1. The van der Waals surface area contributed by atoms with Gasteiger partial charge in [-0.1, -0.05) is 0 Å². The molecule has 0 spiro atoms. The van der Waals surface area contributed by atoms with Crippen molar-refractivity contribution in [1.29, 1.82) is 0 Å². The van der Waals surface area contributed by atoms with Crippen molar-refractivity contribution in [3.8, 4) is 11.4 Å². The number of nitrogens with one attached hydrogen (secondary N) is 2. The number of carbonyl (C=O) groups excluding carboxylic acids is 1. The summed E-state index contributed by atoms with van der Waals surface area (Å²) in [5.41, 5.74) is 6.81. The van der Waals surface area contributed by atoms with Crippen LogP contribution in [0.15, 0.2) is 30.6 Å². The van der Waals surface area contributed by atoms with Crippen molar-refractivity contribution < 1.29 is 4.79 Å². The highest BCUT2D eigenvalue weighted by atomic mass is 16.2. The number of hydrogen-bond acceptors (Lipinski definition) is 4. The Balaban J connectivity index is 1.73. The van der Waals surface area contributed by atoms with E-state index in [4.69, 9.17) is 5.73 Å². The fourth-order valence-corrected chi connectivity index (χ4v) is 1.67. The lowest BCUT2D eigenvalue weighted by atomic mass is 10.2. The van der Waals surface area contributed by atoms with Gasteiger partial charge in [0.25, 0.3) is 0 Å². The Morgan fingerprint density at radius 2 is 2.06 bits per heavy atom. The molecule has 0 radical (unpaired) electrons. The summed E-state index contributed by atoms with van der Waals surface area (Å²) < 4.78 is 0. The Morgan fingerprint density at radius 3 is 2.61 bits per heavy atom. The van der Waals surface area contributed by atoms with Gasteiger partial charge in [0, 0.05) is 11.3 Å². The van der Waals surface area contributed by atoms with Gasteiger partial charge in [-0.25, -0.2) is 4.98 Å². The van der Waals surface area contributed by atoms with E-state index in [1.54, 1.807) is 0 Å². The molecule has 0 atom stereocenters. The van der Waals surface area contributed by atoms with Crippen LogP contribution < -0.4 is 11.1 Å². The first-order valence-corrected chi connectivity index (χ1v) is 5.73. The molecule has 1 aliphatic carbocycles. The lowest BCUT2D eigenvalue weighted by Crippen LogP contribution is -2.37. The number of hydrogen-bond donors (Lipinski definition) is 3. The van der Waals surface area contributed by atoms with Crippen LogP contribution in [0.25, 0.3) is 11.4 Å². The van der Waals surface area contributed by atoms with Gasteiger partial charge in [0.05, 0.1) is 5.54 Å². The molecule has 6 heteroatoms. The molecule has 0 bridgehead atoms. The Morgan fingerprint density at radius 1 is 1.33 bits per heavy atom.